The molecule has 3 rings (SSSR count). The summed E-state index contributed by atoms with van der Waals surface area (Å²) in [4.78, 5) is 11.8. The molecule has 0 spiro atoms. The molecule has 0 fully saturated rings. The van der Waals surface area contributed by atoms with Crippen LogP contribution >= 0.6 is 0 Å². The molecule has 19 heavy (non-hydrogen) atoms. The van der Waals surface area contributed by atoms with Gasteiger partial charge in [-0.25, -0.2) is 9.18 Å². The topological polar surface area (TPSA) is 61.2 Å². The minimum Gasteiger partial charge on any atom is -0.408 e. The Morgan fingerprint density at radius 1 is 1.16 bits per heavy atom. The summed E-state index contributed by atoms with van der Waals surface area (Å²) in [5.41, 5.74) is 8.20. The first kappa shape index (κ1) is 11.5. The molecule has 0 atom stereocenters. The van der Waals surface area contributed by atoms with Crippen LogP contribution in [0.25, 0.3) is 11.1 Å². The summed E-state index contributed by atoms with van der Waals surface area (Å²) in [6.45, 7) is 0.315. The fourth-order valence-electron chi connectivity index (χ4n) is 2.00. The van der Waals surface area contributed by atoms with Gasteiger partial charge in [0, 0.05) is 5.69 Å². The second-order valence-electron chi connectivity index (χ2n) is 4.31. The molecular formula is C14H11FN2O2. The quantitative estimate of drug-likeness (QED) is 0.718. The summed E-state index contributed by atoms with van der Waals surface area (Å²) in [7, 11) is 0. The number of aromatic nitrogens is 1. The number of benzene rings is 2. The Morgan fingerprint density at radius 2 is 1.89 bits per heavy atom. The lowest BCUT2D eigenvalue weighted by Gasteiger charge is -2.03. The molecule has 0 saturated carbocycles. The molecule has 0 unspecified atom stereocenters. The van der Waals surface area contributed by atoms with E-state index in [0.717, 1.165) is 5.56 Å². The van der Waals surface area contributed by atoms with E-state index in [1.54, 1.807) is 30.3 Å². The number of fused-ring (bicyclic) bond motifs is 1. The average Bonchev–Trinajstić information content (AvgIpc) is 2.69. The first-order valence-corrected chi connectivity index (χ1v) is 5.77. The summed E-state index contributed by atoms with van der Waals surface area (Å²) < 4.78 is 19.4. The van der Waals surface area contributed by atoms with Gasteiger partial charge >= 0.3 is 5.76 Å². The van der Waals surface area contributed by atoms with Crippen molar-refractivity contribution in [1.82, 2.24) is 4.57 Å². The van der Waals surface area contributed by atoms with Crippen molar-refractivity contribution in [3.8, 4) is 0 Å². The SMILES string of the molecule is Nc1ccc2oc(=O)n(Cc3ccc(F)cc3)c2c1. The Hall–Kier alpha value is -2.56. The van der Waals surface area contributed by atoms with Crippen molar-refractivity contribution >= 4 is 16.8 Å². The monoisotopic (exact) mass is 258 g/mol. The van der Waals surface area contributed by atoms with Crippen LogP contribution in [0, 0.1) is 5.82 Å². The number of anilines is 1. The fraction of sp³-hybridized carbons (Fsp3) is 0.0714. The van der Waals surface area contributed by atoms with Gasteiger partial charge in [0.2, 0.25) is 0 Å². The van der Waals surface area contributed by atoms with Crippen molar-refractivity contribution in [3.05, 3.63) is 64.4 Å². The zero-order chi connectivity index (χ0) is 13.4. The third kappa shape index (κ3) is 2.10. The largest absolute Gasteiger partial charge is 0.420 e. The second kappa shape index (κ2) is 4.28. The van der Waals surface area contributed by atoms with E-state index in [-0.39, 0.29) is 5.82 Å². The molecule has 2 aromatic carbocycles. The van der Waals surface area contributed by atoms with Gasteiger partial charge in [-0.15, -0.1) is 0 Å². The number of rotatable bonds is 2. The van der Waals surface area contributed by atoms with Gasteiger partial charge in [0.25, 0.3) is 0 Å². The van der Waals surface area contributed by atoms with E-state index in [9.17, 15) is 9.18 Å². The van der Waals surface area contributed by atoms with Gasteiger partial charge in [-0.2, -0.15) is 0 Å². The molecule has 0 amide bonds. The summed E-state index contributed by atoms with van der Waals surface area (Å²) in [6, 6.07) is 11.0. The highest BCUT2D eigenvalue weighted by Crippen LogP contribution is 2.17. The van der Waals surface area contributed by atoms with Gasteiger partial charge in [-0.1, -0.05) is 12.1 Å². The molecule has 4 nitrogen and oxygen atoms in total. The maximum absolute atomic E-state index is 12.8. The molecule has 0 aliphatic heterocycles. The molecule has 3 aromatic rings. The van der Waals surface area contributed by atoms with Gasteiger partial charge in [-0.3, -0.25) is 4.57 Å². The van der Waals surface area contributed by atoms with Crippen LogP contribution in [0.4, 0.5) is 10.1 Å². The first-order chi connectivity index (χ1) is 9.13. The predicted octanol–water partition coefficient (Wildman–Crippen LogP) is 2.36. The molecule has 0 radical (unpaired) electrons. The molecule has 2 N–H and O–H groups in total. The van der Waals surface area contributed by atoms with Crippen LogP contribution in [0.3, 0.4) is 0 Å². The summed E-state index contributed by atoms with van der Waals surface area (Å²) in [5.74, 6) is -0.762. The summed E-state index contributed by atoms with van der Waals surface area (Å²) in [5, 5.41) is 0. The van der Waals surface area contributed by atoms with E-state index in [1.807, 2.05) is 0 Å². The van der Waals surface area contributed by atoms with Crippen LogP contribution in [0.5, 0.6) is 0 Å². The van der Waals surface area contributed by atoms with Crippen molar-refractivity contribution in [1.29, 1.82) is 0 Å². The molecule has 0 aliphatic carbocycles. The number of nitrogens with zero attached hydrogens (tertiary/aromatic N) is 1. The van der Waals surface area contributed by atoms with Crippen LogP contribution in [-0.4, -0.2) is 4.57 Å². The van der Waals surface area contributed by atoms with E-state index in [2.05, 4.69) is 0 Å². The standard InChI is InChI=1S/C14H11FN2O2/c15-10-3-1-9(2-4-10)8-17-12-7-11(16)5-6-13(12)19-14(17)18/h1-7H,8,16H2. The Morgan fingerprint density at radius 3 is 2.63 bits per heavy atom. The van der Waals surface area contributed by atoms with Crippen molar-refractivity contribution in [2.75, 3.05) is 5.73 Å². The van der Waals surface area contributed by atoms with Crippen molar-refractivity contribution in [2.24, 2.45) is 0 Å². The van der Waals surface area contributed by atoms with Crippen LogP contribution < -0.4 is 11.5 Å². The molecular weight excluding hydrogens is 247 g/mol. The molecule has 1 heterocycles. The Bertz CT molecular complexity index is 787. The molecule has 0 aliphatic rings. The lowest BCUT2D eigenvalue weighted by molar-refractivity contribution is 0.517. The van der Waals surface area contributed by atoms with Crippen LogP contribution in [-0.2, 0) is 6.54 Å². The van der Waals surface area contributed by atoms with Crippen LogP contribution in [0.15, 0.2) is 51.7 Å². The van der Waals surface area contributed by atoms with E-state index in [0.29, 0.717) is 23.3 Å². The lowest BCUT2D eigenvalue weighted by Crippen LogP contribution is -2.14. The second-order valence-corrected chi connectivity index (χ2v) is 4.31. The van der Waals surface area contributed by atoms with E-state index in [4.69, 9.17) is 10.2 Å². The fourth-order valence-corrected chi connectivity index (χ4v) is 2.00. The Labute approximate surface area is 107 Å². The smallest absolute Gasteiger partial charge is 0.408 e. The molecule has 5 heteroatoms. The third-order valence-electron chi connectivity index (χ3n) is 2.95. The third-order valence-corrected chi connectivity index (χ3v) is 2.95. The number of nitrogens with two attached hydrogens (primary N) is 1. The molecule has 0 saturated heterocycles. The minimum absolute atomic E-state index is 0.308. The van der Waals surface area contributed by atoms with E-state index < -0.39 is 5.76 Å². The van der Waals surface area contributed by atoms with Gasteiger partial charge in [0.1, 0.15) is 5.82 Å². The zero-order valence-electron chi connectivity index (χ0n) is 9.97. The number of hydrogen-bond acceptors (Lipinski definition) is 3. The number of hydrogen-bond donors (Lipinski definition) is 1. The number of halogens is 1. The van der Waals surface area contributed by atoms with Gasteiger partial charge in [0.05, 0.1) is 12.1 Å². The normalized spacial score (nSPS) is 11.0. The van der Waals surface area contributed by atoms with Crippen molar-refractivity contribution in [2.45, 2.75) is 6.54 Å². The zero-order valence-corrected chi connectivity index (χ0v) is 9.97. The highest BCUT2D eigenvalue weighted by Gasteiger charge is 2.09. The van der Waals surface area contributed by atoms with Gasteiger partial charge < -0.3 is 10.2 Å². The van der Waals surface area contributed by atoms with E-state index in [1.165, 1.54) is 16.7 Å². The van der Waals surface area contributed by atoms with Gasteiger partial charge in [-0.05, 0) is 35.9 Å². The summed E-state index contributed by atoms with van der Waals surface area (Å²) in [6.07, 6.45) is 0. The van der Waals surface area contributed by atoms with Crippen LogP contribution in [0.2, 0.25) is 0 Å². The molecule has 0 bridgehead atoms. The maximum Gasteiger partial charge on any atom is 0.420 e. The molecule has 1 aromatic heterocycles. The predicted molar refractivity (Wildman–Crippen MR) is 70.4 cm³/mol. The van der Waals surface area contributed by atoms with Crippen LogP contribution in [0.1, 0.15) is 5.56 Å². The minimum atomic E-state index is -0.454. The highest BCUT2D eigenvalue weighted by molar-refractivity contribution is 5.77. The highest BCUT2D eigenvalue weighted by atomic mass is 19.1. The van der Waals surface area contributed by atoms with Crippen molar-refractivity contribution in [3.63, 3.8) is 0 Å². The van der Waals surface area contributed by atoms with Crippen molar-refractivity contribution < 1.29 is 8.81 Å². The maximum atomic E-state index is 12.8. The number of nitrogen functional groups attached to an aromatic ring is 1. The average molecular weight is 258 g/mol. The number of oxazole rings is 1. The molecule has 96 valence electrons. The van der Waals surface area contributed by atoms with E-state index >= 15 is 0 Å². The lowest BCUT2D eigenvalue weighted by atomic mass is 10.2. The first-order valence-electron chi connectivity index (χ1n) is 5.77. The van der Waals surface area contributed by atoms with Gasteiger partial charge in [0.15, 0.2) is 5.58 Å². The Kier molecular flexibility index (Phi) is 2.59. The summed E-state index contributed by atoms with van der Waals surface area (Å²) >= 11 is 0. The Balaban J connectivity index is 2.09.